The number of benzene rings is 1. The molecule has 0 aromatic heterocycles. The van der Waals surface area contributed by atoms with Crippen LogP contribution in [0, 0.1) is 11.7 Å². The molecule has 2 rings (SSSR count). The van der Waals surface area contributed by atoms with Crippen LogP contribution in [0.1, 0.15) is 30.1 Å². The van der Waals surface area contributed by atoms with Crippen LogP contribution in [0.15, 0.2) is 18.2 Å². The molecular weight excluding hydrogens is 207 g/mol. The number of hydrogen-bond donors (Lipinski definition) is 2. The second kappa shape index (κ2) is 4.12. The van der Waals surface area contributed by atoms with Crippen molar-refractivity contribution in [3.8, 4) is 0 Å². The first-order chi connectivity index (χ1) is 7.58. The number of nitrogens with one attached hydrogen (secondary N) is 1. The second-order valence-corrected chi connectivity index (χ2v) is 4.45. The van der Waals surface area contributed by atoms with Crippen LogP contribution in [-0.4, -0.2) is 11.9 Å². The molecule has 3 N–H and O–H groups in total. The summed E-state index contributed by atoms with van der Waals surface area (Å²) in [5.74, 6) is -0.168. The molecule has 0 aliphatic heterocycles. The molecule has 3 nitrogen and oxygen atoms in total. The van der Waals surface area contributed by atoms with Crippen molar-refractivity contribution in [1.29, 1.82) is 0 Å². The number of carbonyl (C=O) groups is 1. The fourth-order valence-electron chi connectivity index (χ4n) is 2.02. The van der Waals surface area contributed by atoms with Gasteiger partial charge in [-0.3, -0.25) is 4.79 Å². The molecule has 0 saturated heterocycles. The van der Waals surface area contributed by atoms with Crippen molar-refractivity contribution in [3.05, 3.63) is 29.6 Å². The summed E-state index contributed by atoms with van der Waals surface area (Å²) >= 11 is 0. The molecule has 0 spiro atoms. The molecule has 86 valence electrons. The third-order valence-corrected chi connectivity index (χ3v) is 3.01. The maximum Gasteiger partial charge on any atom is 0.253 e. The molecule has 1 aromatic rings. The lowest BCUT2D eigenvalue weighted by Crippen LogP contribution is -2.43. The topological polar surface area (TPSA) is 55.1 Å². The van der Waals surface area contributed by atoms with Gasteiger partial charge in [0, 0.05) is 6.04 Å². The second-order valence-electron chi connectivity index (χ2n) is 4.45. The minimum atomic E-state index is -0.547. The minimum absolute atomic E-state index is 0.0765. The fourth-order valence-corrected chi connectivity index (χ4v) is 2.02. The zero-order chi connectivity index (χ0) is 11.7. The van der Waals surface area contributed by atoms with Gasteiger partial charge in [0.2, 0.25) is 0 Å². The van der Waals surface area contributed by atoms with Gasteiger partial charge < -0.3 is 11.1 Å². The van der Waals surface area contributed by atoms with Crippen LogP contribution >= 0.6 is 0 Å². The minimum Gasteiger partial charge on any atom is -0.396 e. The Morgan fingerprint density at radius 1 is 1.50 bits per heavy atom. The number of anilines is 1. The van der Waals surface area contributed by atoms with Crippen LogP contribution in [0.4, 0.5) is 10.1 Å². The van der Waals surface area contributed by atoms with E-state index in [2.05, 4.69) is 12.2 Å². The quantitative estimate of drug-likeness (QED) is 0.751. The van der Waals surface area contributed by atoms with Gasteiger partial charge in [-0.15, -0.1) is 0 Å². The van der Waals surface area contributed by atoms with Gasteiger partial charge in [-0.1, -0.05) is 13.0 Å². The lowest BCUT2D eigenvalue weighted by atomic mass is 9.82. The Kier molecular flexibility index (Phi) is 2.81. The third kappa shape index (κ3) is 2.01. The first kappa shape index (κ1) is 10.9. The number of nitrogen functional groups attached to an aromatic ring is 1. The molecule has 1 amide bonds. The van der Waals surface area contributed by atoms with E-state index in [9.17, 15) is 9.18 Å². The van der Waals surface area contributed by atoms with Gasteiger partial charge >= 0.3 is 0 Å². The summed E-state index contributed by atoms with van der Waals surface area (Å²) in [5.41, 5.74) is 5.66. The number of hydrogen-bond acceptors (Lipinski definition) is 2. The van der Waals surface area contributed by atoms with Crippen LogP contribution in [-0.2, 0) is 0 Å². The zero-order valence-corrected chi connectivity index (χ0v) is 9.16. The van der Waals surface area contributed by atoms with Crippen molar-refractivity contribution in [2.45, 2.75) is 25.8 Å². The van der Waals surface area contributed by atoms with Crippen molar-refractivity contribution in [3.63, 3.8) is 0 Å². The lowest BCUT2D eigenvalue weighted by molar-refractivity contribution is 0.0896. The molecule has 1 fully saturated rings. The van der Waals surface area contributed by atoms with Gasteiger partial charge in [-0.05, 0) is 30.9 Å². The summed E-state index contributed by atoms with van der Waals surface area (Å²) in [6.07, 6.45) is 1.97. The number of rotatable bonds is 2. The van der Waals surface area contributed by atoms with Crippen molar-refractivity contribution in [2.24, 2.45) is 5.92 Å². The van der Waals surface area contributed by atoms with Gasteiger partial charge in [0.15, 0.2) is 0 Å². The van der Waals surface area contributed by atoms with Crippen LogP contribution in [0.3, 0.4) is 0 Å². The summed E-state index contributed by atoms with van der Waals surface area (Å²) in [7, 11) is 0. The highest BCUT2D eigenvalue weighted by atomic mass is 19.1. The highest BCUT2D eigenvalue weighted by Gasteiger charge is 2.27. The molecule has 0 bridgehead atoms. The largest absolute Gasteiger partial charge is 0.396 e. The Hall–Kier alpha value is -1.58. The van der Waals surface area contributed by atoms with Gasteiger partial charge in [-0.25, -0.2) is 4.39 Å². The van der Waals surface area contributed by atoms with Gasteiger partial charge in [0.1, 0.15) is 5.82 Å². The Labute approximate surface area is 93.8 Å². The maximum atomic E-state index is 13.1. The van der Waals surface area contributed by atoms with Crippen LogP contribution in [0.2, 0.25) is 0 Å². The van der Waals surface area contributed by atoms with E-state index in [1.807, 2.05) is 0 Å². The van der Waals surface area contributed by atoms with E-state index in [1.165, 1.54) is 18.2 Å². The van der Waals surface area contributed by atoms with E-state index < -0.39 is 5.82 Å². The van der Waals surface area contributed by atoms with Gasteiger partial charge in [0.05, 0.1) is 11.3 Å². The predicted molar refractivity (Wildman–Crippen MR) is 60.5 cm³/mol. The normalized spacial score (nSPS) is 23.6. The van der Waals surface area contributed by atoms with Gasteiger partial charge in [-0.2, -0.15) is 0 Å². The van der Waals surface area contributed by atoms with Crippen LogP contribution < -0.4 is 11.1 Å². The summed E-state index contributed by atoms with van der Waals surface area (Å²) in [4.78, 5) is 11.8. The average Bonchev–Trinajstić information content (AvgIpc) is 2.19. The highest BCUT2D eigenvalue weighted by molar-refractivity contribution is 5.99. The zero-order valence-electron chi connectivity index (χ0n) is 9.16. The Morgan fingerprint density at radius 3 is 2.81 bits per heavy atom. The standard InChI is InChI=1S/C12H15FN2O/c1-7-5-8(6-7)15-12(16)9-3-2-4-10(13)11(9)14/h2-4,7-8H,5-6,14H2,1H3,(H,15,16). The van der Waals surface area contributed by atoms with Crippen molar-refractivity contribution < 1.29 is 9.18 Å². The number of carbonyl (C=O) groups excluding carboxylic acids is 1. The van der Waals surface area contributed by atoms with E-state index >= 15 is 0 Å². The van der Waals surface area contributed by atoms with Crippen molar-refractivity contribution in [2.75, 3.05) is 5.73 Å². The Bertz CT molecular complexity index is 413. The SMILES string of the molecule is CC1CC(NC(=O)c2cccc(F)c2N)C1. The van der Waals surface area contributed by atoms with Crippen molar-refractivity contribution >= 4 is 11.6 Å². The molecule has 0 atom stereocenters. The molecule has 0 radical (unpaired) electrons. The molecular formula is C12H15FN2O. The molecule has 1 saturated carbocycles. The predicted octanol–water partition coefficient (Wildman–Crippen LogP) is 1.94. The van der Waals surface area contributed by atoms with Crippen molar-refractivity contribution in [1.82, 2.24) is 5.32 Å². The number of para-hydroxylation sites is 1. The molecule has 1 aromatic carbocycles. The van der Waals surface area contributed by atoms with E-state index in [0.29, 0.717) is 5.92 Å². The average molecular weight is 222 g/mol. The summed E-state index contributed by atoms with van der Waals surface area (Å²) in [5, 5.41) is 2.85. The molecule has 4 heteroatoms. The smallest absolute Gasteiger partial charge is 0.253 e. The first-order valence-corrected chi connectivity index (χ1v) is 5.42. The third-order valence-electron chi connectivity index (χ3n) is 3.01. The van der Waals surface area contributed by atoms with Crippen LogP contribution in [0.5, 0.6) is 0 Å². The molecule has 0 unspecified atom stereocenters. The van der Waals surface area contributed by atoms with E-state index in [4.69, 9.17) is 5.73 Å². The van der Waals surface area contributed by atoms with Gasteiger partial charge in [0.25, 0.3) is 5.91 Å². The maximum absolute atomic E-state index is 13.1. The van der Waals surface area contributed by atoms with E-state index in [1.54, 1.807) is 0 Å². The number of nitrogens with two attached hydrogens (primary N) is 1. The number of amides is 1. The molecule has 0 heterocycles. The highest BCUT2D eigenvalue weighted by Crippen LogP contribution is 2.27. The Morgan fingerprint density at radius 2 is 2.19 bits per heavy atom. The summed E-state index contributed by atoms with van der Waals surface area (Å²) in [6.45, 7) is 2.14. The monoisotopic (exact) mass is 222 g/mol. The molecule has 16 heavy (non-hydrogen) atoms. The summed E-state index contributed by atoms with van der Waals surface area (Å²) < 4.78 is 13.1. The first-order valence-electron chi connectivity index (χ1n) is 5.42. The molecule has 1 aliphatic rings. The lowest BCUT2D eigenvalue weighted by Gasteiger charge is -2.33. The van der Waals surface area contributed by atoms with Crippen LogP contribution in [0.25, 0.3) is 0 Å². The number of halogens is 1. The Balaban J connectivity index is 2.06. The fraction of sp³-hybridized carbons (Fsp3) is 0.417. The van der Waals surface area contributed by atoms with E-state index in [0.717, 1.165) is 12.8 Å². The molecule has 1 aliphatic carbocycles. The summed E-state index contributed by atoms with van der Waals surface area (Å²) in [6, 6.07) is 4.49. The van der Waals surface area contributed by atoms with E-state index in [-0.39, 0.29) is 23.2 Å².